The first-order valence-corrected chi connectivity index (χ1v) is 10.00. The van der Waals surface area contributed by atoms with E-state index in [0.29, 0.717) is 6.54 Å². The second-order valence-electron chi connectivity index (χ2n) is 7.06. The van der Waals surface area contributed by atoms with Crippen LogP contribution in [-0.2, 0) is 4.74 Å². The fraction of sp³-hybridized carbons (Fsp3) is 0.667. The molecule has 0 aliphatic carbocycles. The van der Waals surface area contributed by atoms with Gasteiger partial charge in [0.2, 0.25) is 0 Å². The summed E-state index contributed by atoms with van der Waals surface area (Å²) >= 11 is 0. The van der Waals surface area contributed by atoms with E-state index >= 15 is 0 Å². The highest BCUT2D eigenvalue weighted by molar-refractivity contribution is 14.0. The highest BCUT2D eigenvalue weighted by Gasteiger charge is 2.15. The largest absolute Gasteiger partial charge is 0.497 e. The zero-order chi connectivity index (χ0) is 19.5. The van der Waals surface area contributed by atoms with Crippen LogP contribution in [0.5, 0.6) is 11.5 Å². The van der Waals surface area contributed by atoms with Crippen molar-refractivity contribution in [2.75, 3.05) is 47.0 Å². The lowest BCUT2D eigenvalue weighted by Crippen LogP contribution is -2.40. The predicted octanol–water partition coefficient (Wildman–Crippen LogP) is 3.79. The SMILES string of the molecule is CCNC(=NCC(C)Oc1ccc(OC)cc1)N(C)CCC1CCOCC1.I. The molecule has 1 aliphatic rings. The number of aliphatic imine (C=N–C) groups is 1. The van der Waals surface area contributed by atoms with Gasteiger partial charge in [0.05, 0.1) is 13.7 Å². The summed E-state index contributed by atoms with van der Waals surface area (Å²) in [6, 6.07) is 7.65. The fourth-order valence-corrected chi connectivity index (χ4v) is 3.13. The van der Waals surface area contributed by atoms with E-state index in [9.17, 15) is 0 Å². The van der Waals surface area contributed by atoms with E-state index in [4.69, 9.17) is 19.2 Å². The number of nitrogens with one attached hydrogen (secondary N) is 1. The van der Waals surface area contributed by atoms with E-state index in [2.05, 4.69) is 24.2 Å². The Morgan fingerprint density at radius 2 is 1.89 bits per heavy atom. The van der Waals surface area contributed by atoms with Crippen molar-refractivity contribution in [3.8, 4) is 11.5 Å². The van der Waals surface area contributed by atoms with Crippen molar-refractivity contribution >= 4 is 29.9 Å². The fourth-order valence-electron chi connectivity index (χ4n) is 3.13. The van der Waals surface area contributed by atoms with E-state index in [1.54, 1.807) is 7.11 Å². The van der Waals surface area contributed by atoms with Crippen molar-refractivity contribution < 1.29 is 14.2 Å². The number of guanidine groups is 1. The van der Waals surface area contributed by atoms with Crippen molar-refractivity contribution in [2.24, 2.45) is 10.9 Å². The second kappa shape index (κ2) is 13.9. The van der Waals surface area contributed by atoms with Crippen LogP contribution in [0.15, 0.2) is 29.3 Å². The average molecular weight is 505 g/mol. The molecule has 0 aromatic heterocycles. The zero-order valence-electron chi connectivity index (χ0n) is 17.6. The van der Waals surface area contributed by atoms with Gasteiger partial charge in [-0.2, -0.15) is 0 Å². The molecular weight excluding hydrogens is 469 g/mol. The molecule has 1 aliphatic heterocycles. The Kier molecular flexibility index (Phi) is 12.3. The Morgan fingerprint density at radius 1 is 1.25 bits per heavy atom. The normalized spacial score (nSPS) is 16.1. The molecule has 1 aromatic rings. The van der Waals surface area contributed by atoms with Gasteiger partial charge in [0, 0.05) is 33.4 Å². The van der Waals surface area contributed by atoms with Gasteiger partial charge in [0.25, 0.3) is 0 Å². The van der Waals surface area contributed by atoms with Crippen molar-refractivity contribution in [3.63, 3.8) is 0 Å². The standard InChI is InChI=1S/C21H35N3O3.HI/c1-5-22-21(24(3)13-10-18-11-14-26-15-12-18)23-16-17(2)27-20-8-6-19(25-4)7-9-20;/h6-9,17-18H,5,10-16H2,1-4H3,(H,22,23);1H. The van der Waals surface area contributed by atoms with Crippen LogP contribution in [-0.4, -0.2) is 64.0 Å². The van der Waals surface area contributed by atoms with E-state index in [0.717, 1.165) is 49.7 Å². The van der Waals surface area contributed by atoms with Crippen LogP contribution in [0.2, 0.25) is 0 Å². The summed E-state index contributed by atoms with van der Waals surface area (Å²) in [7, 11) is 3.77. The number of rotatable bonds is 9. The lowest BCUT2D eigenvalue weighted by molar-refractivity contribution is 0.0625. The molecule has 1 N–H and O–H groups in total. The Bertz CT molecular complexity index is 563. The highest BCUT2D eigenvalue weighted by Crippen LogP contribution is 2.19. The second-order valence-corrected chi connectivity index (χ2v) is 7.06. The van der Waals surface area contributed by atoms with Gasteiger partial charge in [-0.1, -0.05) is 0 Å². The Hall–Kier alpha value is -1.22. The predicted molar refractivity (Wildman–Crippen MR) is 125 cm³/mol. The molecule has 0 bridgehead atoms. The van der Waals surface area contributed by atoms with Crippen LogP contribution in [0.25, 0.3) is 0 Å². The first-order chi connectivity index (χ1) is 13.1. The number of hydrogen-bond donors (Lipinski definition) is 1. The molecule has 0 spiro atoms. The smallest absolute Gasteiger partial charge is 0.193 e. The van der Waals surface area contributed by atoms with E-state index in [1.165, 1.54) is 19.3 Å². The molecule has 6 nitrogen and oxygen atoms in total. The minimum atomic E-state index is -0.00376. The van der Waals surface area contributed by atoms with E-state index < -0.39 is 0 Å². The zero-order valence-corrected chi connectivity index (χ0v) is 20.0. The minimum absolute atomic E-state index is 0. The Morgan fingerprint density at radius 3 is 2.50 bits per heavy atom. The van der Waals surface area contributed by atoms with Gasteiger partial charge in [-0.3, -0.25) is 0 Å². The van der Waals surface area contributed by atoms with Crippen LogP contribution in [0, 0.1) is 5.92 Å². The van der Waals surface area contributed by atoms with Crippen molar-refractivity contribution in [2.45, 2.75) is 39.2 Å². The molecule has 1 aromatic carbocycles. The summed E-state index contributed by atoms with van der Waals surface area (Å²) in [5.41, 5.74) is 0. The molecule has 1 atom stereocenters. The highest BCUT2D eigenvalue weighted by atomic mass is 127. The van der Waals surface area contributed by atoms with Gasteiger partial charge in [-0.05, 0) is 63.3 Å². The summed E-state index contributed by atoms with van der Waals surface area (Å²) in [5, 5.41) is 3.38. The van der Waals surface area contributed by atoms with Gasteiger partial charge < -0.3 is 24.4 Å². The van der Waals surface area contributed by atoms with E-state index in [1.807, 2.05) is 31.2 Å². The lowest BCUT2D eigenvalue weighted by atomic mass is 9.96. The number of hydrogen-bond acceptors (Lipinski definition) is 4. The summed E-state index contributed by atoms with van der Waals surface area (Å²) in [5.74, 6) is 3.36. The van der Waals surface area contributed by atoms with Crippen LogP contribution in [0.4, 0.5) is 0 Å². The number of ether oxygens (including phenoxy) is 3. The molecule has 1 fully saturated rings. The average Bonchev–Trinajstić information content (AvgIpc) is 2.70. The van der Waals surface area contributed by atoms with Crippen LogP contribution < -0.4 is 14.8 Å². The van der Waals surface area contributed by atoms with Gasteiger partial charge in [0.15, 0.2) is 5.96 Å². The summed E-state index contributed by atoms with van der Waals surface area (Å²) in [6.45, 7) is 8.41. The van der Waals surface area contributed by atoms with Gasteiger partial charge in [-0.15, -0.1) is 24.0 Å². The molecule has 2 rings (SSSR count). The number of halogens is 1. The summed E-state index contributed by atoms with van der Waals surface area (Å²) in [6.07, 6.45) is 3.53. The molecule has 1 heterocycles. The van der Waals surface area contributed by atoms with Crippen LogP contribution >= 0.6 is 24.0 Å². The minimum Gasteiger partial charge on any atom is -0.497 e. The monoisotopic (exact) mass is 505 g/mol. The number of nitrogens with zero attached hydrogens (tertiary/aromatic N) is 2. The summed E-state index contributed by atoms with van der Waals surface area (Å²) < 4.78 is 16.6. The molecule has 0 saturated carbocycles. The van der Waals surface area contributed by atoms with Crippen LogP contribution in [0.3, 0.4) is 0 Å². The molecule has 1 saturated heterocycles. The van der Waals surface area contributed by atoms with Crippen molar-refractivity contribution in [1.82, 2.24) is 10.2 Å². The number of benzene rings is 1. The van der Waals surface area contributed by atoms with Crippen LogP contribution in [0.1, 0.15) is 33.1 Å². The maximum atomic E-state index is 5.95. The van der Waals surface area contributed by atoms with E-state index in [-0.39, 0.29) is 30.1 Å². The van der Waals surface area contributed by atoms with Gasteiger partial charge >= 0.3 is 0 Å². The first-order valence-electron chi connectivity index (χ1n) is 10.00. The molecule has 28 heavy (non-hydrogen) atoms. The molecule has 7 heteroatoms. The molecular formula is C21H36IN3O3. The maximum absolute atomic E-state index is 5.95. The Balaban J connectivity index is 0.00000392. The van der Waals surface area contributed by atoms with Gasteiger partial charge in [-0.25, -0.2) is 4.99 Å². The molecule has 0 radical (unpaired) electrons. The van der Waals surface area contributed by atoms with Crippen molar-refractivity contribution in [3.05, 3.63) is 24.3 Å². The Labute approximate surface area is 187 Å². The molecule has 160 valence electrons. The maximum Gasteiger partial charge on any atom is 0.193 e. The van der Waals surface area contributed by atoms with Crippen molar-refractivity contribution in [1.29, 1.82) is 0 Å². The third-order valence-electron chi connectivity index (χ3n) is 4.80. The van der Waals surface area contributed by atoms with Gasteiger partial charge in [0.1, 0.15) is 17.6 Å². The third-order valence-corrected chi connectivity index (χ3v) is 4.80. The lowest BCUT2D eigenvalue weighted by Gasteiger charge is -2.27. The third kappa shape index (κ3) is 8.86. The summed E-state index contributed by atoms with van der Waals surface area (Å²) in [4.78, 5) is 6.99. The number of methoxy groups -OCH3 is 1. The molecule has 1 unspecified atom stereocenters. The first kappa shape index (κ1) is 24.8. The quantitative estimate of drug-likeness (QED) is 0.315. The molecule has 0 amide bonds. The topological polar surface area (TPSA) is 55.3 Å².